The minimum atomic E-state index is 0.0940. The summed E-state index contributed by atoms with van der Waals surface area (Å²) in [5.74, 6) is 0.0940. The van der Waals surface area contributed by atoms with Crippen molar-refractivity contribution in [1.29, 1.82) is 5.41 Å². The van der Waals surface area contributed by atoms with Gasteiger partial charge in [0.05, 0.1) is 5.69 Å². The van der Waals surface area contributed by atoms with Crippen LogP contribution in [0.4, 0.5) is 11.4 Å². The normalized spacial score (nSPS) is 10.1. The molecule has 18 heavy (non-hydrogen) atoms. The highest BCUT2D eigenvalue weighted by atomic mass is 15.1. The van der Waals surface area contributed by atoms with Gasteiger partial charge >= 0.3 is 0 Å². The summed E-state index contributed by atoms with van der Waals surface area (Å²) in [6.07, 6.45) is 0. The summed E-state index contributed by atoms with van der Waals surface area (Å²) in [6, 6.07) is 16.0. The Morgan fingerprint density at radius 1 is 1.11 bits per heavy atom. The molecule has 0 saturated carbocycles. The third-order valence-corrected chi connectivity index (χ3v) is 2.95. The first-order valence-electron chi connectivity index (χ1n) is 5.83. The molecule has 3 N–H and O–H groups in total. The zero-order chi connectivity index (χ0) is 13.1. The van der Waals surface area contributed by atoms with Crippen LogP contribution in [-0.4, -0.2) is 12.9 Å². The number of benzene rings is 2. The zero-order valence-corrected chi connectivity index (χ0v) is 10.6. The Balaban J connectivity index is 2.48. The van der Waals surface area contributed by atoms with Crippen LogP contribution in [0.2, 0.25) is 0 Å². The molecule has 0 heterocycles. The van der Waals surface area contributed by atoms with Crippen LogP contribution in [0.5, 0.6) is 0 Å². The Kier molecular flexibility index (Phi) is 3.33. The first kappa shape index (κ1) is 12.2. The summed E-state index contributed by atoms with van der Waals surface area (Å²) in [4.78, 5) is 2.04. The highest BCUT2D eigenvalue weighted by Gasteiger charge is 2.11. The van der Waals surface area contributed by atoms with Crippen LogP contribution in [-0.2, 0) is 0 Å². The second-order valence-electron chi connectivity index (χ2n) is 4.33. The maximum absolute atomic E-state index is 7.68. The van der Waals surface area contributed by atoms with E-state index in [0.717, 1.165) is 22.5 Å². The molecule has 3 nitrogen and oxygen atoms in total. The molecule has 0 spiro atoms. The molecule has 0 unspecified atom stereocenters. The average Bonchev–Trinajstić information content (AvgIpc) is 2.39. The predicted molar refractivity (Wildman–Crippen MR) is 76.7 cm³/mol. The molecule has 2 aromatic carbocycles. The fourth-order valence-electron chi connectivity index (χ4n) is 1.95. The molecular weight excluding hydrogens is 222 g/mol. The van der Waals surface area contributed by atoms with Crippen molar-refractivity contribution in [3.63, 3.8) is 0 Å². The maximum atomic E-state index is 7.68. The fourth-order valence-corrected chi connectivity index (χ4v) is 1.95. The van der Waals surface area contributed by atoms with E-state index < -0.39 is 0 Å². The second-order valence-corrected chi connectivity index (χ2v) is 4.33. The quantitative estimate of drug-likeness (QED) is 0.639. The lowest BCUT2D eigenvalue weighted by molar-refractivity contribution is 1.19. The van der Waals surface area contributed by atoms with Gasteiger partial charge in [-0.05, 0) is 31.2 Å². The van der Waals surface area contributed by atoms with Crippen LogP contribution in [0.15, 0.2) is 48.5 Å². The lowest BCUT2D eigenvalue weighted by Crippen LogP contribution is -2.18. The van der Waals surface area contributed by atoms with E-state index in [0.29, 0.717) is 0 Å². The molecule has 0 aromatic heterocycles. The summed E-state index contributed by atoms with van der Waals surface area (Å²) in [5, 5.41) is 7.68. The number of anilines is 2. The smallest absolute Gasteiger partial charge is 0.124 e. The third-order valence-electron chi connectivity index (χ3n) is 2.95. The highest BCUT2D eigenvalue weighted by Crippen LogP contribution is 2.27. The molecule has 0 radical (unpaired) electrons. The predicted octanol–water partition coefficient (Wildman–Crippen LogP) is 3.05. The Labute approximate surface area is 107 Å². The second kappa shape index (κ2) is 4.92. The number of hydrogen-bond acceptors (Lipinski definition) is 2. The Morgan fingerprint density at radius 3 is 2.39 bits per heavy atom. The zero-order valence-electron chi connectivity index (χ0n) is 10.6. The molecule has 3 heteroatoms. The summed E-state index contributed by atoms with van der Waals surface area (Å²) in [7, 11) is 1.98. The Bertz CT molecular complexity index is 561. The van der Waals surface area contributed by atoms with Gasteiger partial charge in [0.1, 0.15) is 5.84 Å². The number of hydrogen-bond donors (Lipinski definition) is 2. The molecule has 0 aliphatic carbocycles. The van der Waals surface area contributed by atoms with Gasteiger partial charge < -0.3 is 10.6 Å². The molecule has 0 atom stereocenters. The molecule has 0 saturated heterocycles. The summed E-state index contributed by atoms with van der Waals surface area (Å²) >= 11 is 0. The SMILES string of the molecule is Cc1ccc(N(C)c2ccccc2)c(C(=N)N)c1. The van der Waals surface area contributed by atoms with Gasteiger partial charge in [-0.3, -0.25) is 5.41 Å². The van der Waals surface area contributed by atoms with E-state index in [4.69, 9.17) is 11.1 Å². The van der Waals surface area contributed by atoms with E-state index in [1.807, 2.05) is 67.4 Å². The number of para-hydroxylation sites is 1. The molecule has 0 fully saturated rings. The van der Waals surface area contributed by atoms with Gasteiger partial charge in [0, 0.05) is 18.3 Å². The van der Waals surface area contributed by atoms with Crippen LogP contribution in [0.1, 0.15) is 11.1 Å². The largest absolute Gasteiger partial charge is 0.384 e. The third kappa shape index (κ3) is 2.35. The van der Waals surface area contributed by atoms with Gasteiger partial charge in [-0.25, -0.2) is 0 Å². The van der Waals surface area contributed by atoms with E-state index >= 15 is 0 Å². The molecule has 0 aliphatic heterocycles. The number of nitrogens with zero attached hydrogens (tertiary/aromatic N) is 1. The van der Waals surface area contributed by atoms with Crippen molar-refractivity contribution in [3.8, 4) is 0 Å². The fraction of sp³-hybridized carbons (Fsp3) is 0.133. The van der Waals surface area contributed by atoms with Gasteiger partial charge in [0.2, 0.25) is 0 Å². The van der Waals surface area contributed by atoms with Gasteiger partial charge in [-0.1, -0.05) is 29.8 Å². The van der Waals surface area contributed by atoms with Gasteiger partial charge in [0.25, 0.3) is 0 Å². The molecule has 92 valence electrons. The molecular formula is C15H17N3. The Morgan fingerprint density at radius 2 is 1.78 bits per heavy atom. The van der Waals surface area contributed by atoms with E-state index in [9.17, 15) is 0 Å². The van der Waals surface area contributed by atoms with Crippen molar-refractivity contribution < 1.29 is 0 Å². The average molecular weight is 239 g/mol. The first-order valence-corrected chi connectivity index (χ1v) is 5.83. The van der Waals surface area contributed by atoms with Crippen molar-refractivity contribution in [2.45, 2.75) is 6.92 Å². The van der Waals surface area contributed by atoms with E-state index in [2.05, 4.69) is 0 Å². The topological polar surface area (TPSA) is 53.1 Å². The molecule has 0 bridgehead atoms. The standard InChI is InChI=1S/C15H17N3/c1-11-8-9-14(13(10-11)15(16)17)18(2)12-6-4-3-5-7-12/h3-10H,1-2H3,(H3,16,17). The van der Waals surface area contributed by atoms with Crippen molar-refractivity contribution in [2.75, 3.05) is 11.9 Å². The molecule has 0 amide bonds. The van der Waals surface area contributed by atoms with Crippen LogP contribution in [0.25, 0.3) is 0 Å². The molecule has 0 aliphatic rings. The summed E-state index contributed by atoms with van der Waals surface area (Å²) in [5.41, 5.74) is 9.54. The van der Waals surface area contributed by atoms with E-state index in [1.54, 1.807) is 0 Å². The summed E-state index contributed by atoms with van der Waals surface area (Å²) < 4.78 is 0. The van der Waals surface area contributed by atoms with Crippen LogP contribution in [0.3, 0.4) is 0 Å². The highest BCUT2D eigenvalue weighted by molar-refractivity contribution is 6.01. The maximum Gasteiger partial charge on any atom is 0.124 e. The summed E-state index contributed by atoms with van der Waals surface area (Å²) in [6.45, 7) is 2.00. The van der Waals surface area contributed by atoms with Crippen LogP contribution < -0.4 is 10.6 Å². The van der Waals surface area contributed by atoms with E-state index in [1.165, 1.54) is 0 Å². The van der Waals surface area contributed by atoms with Crippen molar-refractivity contribution in [3.05, 3.63) is 59.7 Å². The number of nitrogens with one attached hydrogen (secondary N) is 1. The number of amidine groups is 1. The molecule has 2 rings (SSSR count). The minimum absolute atomic E-state index is 0.0940. The number of aryl methyl sites for hydroxylation is 1. The lowest BCUT2D eigenvalue weighted by Gasteiger charge is -2.22. The van der Waals surface area contributed by atoms with Gasteiger partial charge in [-0.15, -0.1) is 0 Å². The first-order chi connectivity index (χ1) is 8.59. The number of nitrogen functional groups attached to an aromatic ring is 1. The van der Waals surface area contributed by atoms with Gasteiger partial charge in [0.15, 0.2) is 0 Å². The number of nitrogens with two attached hydrogens (primary N) is 1. The Hall–Kier alpha value is -2.29. The van der Waals surface area contributed by atoms with Crippen molar-refractivity contribution in [2.24, 2.45) is 5.73 Å². The van der Waals surface area contributed by atoms with Crippen molar-refractivity contribution in [1.82, 2.24) is 0 Å². The van der Waals surface area contributed by atoms with Gasteiger partial charge in [-0.2, -0.15) is 0 Å². The minimum Gasteiger partial charge on any atom is -0.384 e. The lowest BCUT2D eigenvalue weighted by atomic mass is 10.1. The van der Waals surface area contributed by atoms with Crippen LogP contribution in [0, 0.1) is 12.3 Å². The number of rotatable bonds is 3. The van der Waals surface area contributed by atoms with E-state index in [-0.39, 0.29) is 5.84 Å². The monoisotopic (exact) mass is 239 g/mol. The van der Waals surface area contributed by atoms with Crippen LogP contribution >= 0.6 is 0 Å². The van der Waals surface area contributed by atoms with Crippen molar-refractivity contribution >= 4 is 17.2 Å². The molecule has 2 aromatic rings.